The van der Waals surface area contributed by atoms with E-state index >= 15 is 0 Å². The molecule has 4 rings (SSSR count). The van der Waals surface area contributed by atoms with Crippen LogP contribution in [-0.2, 0) is 55.9 Å². The third kappa shape index (κ3) is 12.9. The molecular formula is C40H51N9O9. The van der Waals surface area contributed by atoms with E-state index in [1.54, 1.807) is 12.1 Å². The number of benzene rings is 2. The molecule has 3 aromatic rings. The number of carbonyl (C=O) groups is 8. The molecule has 1 aliphatic heterocycles. The molecule has 0 radical (unpaired) electrons. The number of hydrogen-bond donors (Lipinski definition) is 7. The van der Waals surface area contributed by atoms with Crippen molar-refractivity contribution in [1.29, 1.82) is 0 Å². The molecule has 0 spiro atoms. The first kappa shape index (κ1) is 44.4. The van der Waals surface area contributed by atoms with Crippen LogP contribution < -0.4 is 38.5 Å². The number of Topliss-reactive ketones (excluding diaryl/α,β-unsaturated/α-hetero) is 1. The fourth-order valence-corrected chi connectivity index (χ4v) is 6.57. The monoisotopic (exact) mass is 801 g/mol. The van der Waals surface area contributed by atoms with Crippen molar-refractivity contribution in [3.63, 3.8) is 0 Å². The summed E-state index contributed by atoms with van der Waals surface area (Å²) in [5, 5.41) is 12.4. The van der Waals surface area contributed by atoms with Crippen molar-refractivity contribution < 1.29 is 43.1 Å². The predicted molar refractivity (Wildman–Crippen MR) is 211 cm³/mol. The molecule has 0 saturated carbocycles. The summed E-state index contributed by atoms with van der Waals surface area (Å²) in [4.78, 5) is 110. The topological polar surface area (TPSA) is 288 Å². The van der Waals surface area contributed by atoms with Crippen LogP contribution in [0.2, 0.25) is 0 Å². The SMILES string of the molecule is CC(=O)CC[C@H](NC(=O)C1(NC(=O)[C@@H](N)Cc2ccc3ccccc3c2)CCOCC1)C(=O)N[C@@H](CC(N)=O)C(=O)N[C@@H](Cc1cccnc1)C(=O)N(C)CC(N)=O. The minimum absolute atomic E-state index is 0.0393. The molecule has 18 heteroatoms. The summed E-state index contributed by atoms with van der Waals surface area (Å²) >= 11 is 0. The van der Waals surface area contributed by atoms with Crippen LogP contribution >= 0.6 is 0 Å². The number of primary amides is 2. The van der Waals surface area contributed by atoms with Gasteiger partial charge < -0.3 is 52.9 Å². The summed E-state index contributed by atoms with van der Waals surface area (Å²) in [6.07, 6.45) is 2.08. The van der Waals surface area contributed by atoms with Crippen molar-refractivity contribution in [3.8, 4) is 0 Å². The molecule has 1 aliphatic rings. The van der Waals surface area contributed by atoms with Crippen LogP contribution in [0.1, 0.15) is 50.2 Å². The van der Waals surface area contributed by atoms with Gasteiger partial charge in [-0.15, -0.1) is 0 Å². The van der Waals surface area contributed by atoms with Crippen molar-refractivity contribution in [2.75, 3.05) is 26.8 Å². The van der Waals surface area contributed by atoms with Gasteiger partial charge in [0.1, 0.15) is 29.4 Å². The molecule has 10 N–H and O–H groups in total. The van der Waals surface area contributed by atoms with Gasteiger partial charge in [-0.05, 0) is 47.7 Å². The van der Waals surface area contributed by atoms with E-state index in [0.29, 0.717) is 5.56 Å². The van der Waals surface area contributed by atoms with Gasteiger partial charge in [-0.25, -0.2) is 0 Å². The third-order valence-electron chi connectivity index (χ3n) is 9.74. The minimum atomic E-state index is -1.64. The Balaban J connectivity index is 1.52. The standard InChI is InChI=1S/C40H51N9O9/c1-24(50)9-12-30(36(54)45-31(21-33(42)51)37(55)46-32(20-26-6-5-15-44-22-26)38(56)49(2)23-34(43)52)47-39(57)40(13-16-58-17-14-40)48-35(53)29(41)19-25-10-11-27-7-3-4-8-28(27)18-25/h3-8,10-11,15,18,22,29-32H,9,12-14,16-17,19-21,23,41H2,1-2H3,(H2,42,51)(H2,43,52)(H,45,54)(H,46,55)(H,47,57)(H,48,53)/t29-,30-,31-,32-/m0/s1. The number of nitrogens with zero attached hydrogens (tertiary/aromatic N) is 2. The highest BCUT2D eigenvalue weighted by Crippen LogP contribution is 2.23. The molecule has 1 aromatic heterocycles. The molecule has 58 heavy (non-hydrogen) atoms. The van der Waals surface area contributed by atoms with E-state index in [0.717, 1.165) is 21.2 Å². The molecule has 18 nitrogen and oxygen atoms in total. The first-order valence-electron chi connectivity index (χ1n) is 18.8. The second kappa shape index (κ2) is 20.8. The van der Waals surface area contributed by atoms with Crippen molar-refractivity contribution in [3.05, 3.63) is 78.1 Å². The number of carbonyl (C=O) groups excluding carboxylic acids is 8. The average Bonchev–Trinajstić information content (AvgIpc) is 3.18. The summed E-state index contributed by atoms with van der Waals surface area (Å²) in [5.74, 6) is -6.06. The Bertz CT molecular complexity index is 1990. The van der Waals surface area contributed by atoms with Crippen molar-refractivity contribution in [2.24, 2.45) is 17.2 Å². The largest absolute Gasteiger partial charge is 0.381 e. The summed E-state index contributed by atoms with van der Waals surface area (Å²) in [6.45, 7) is 1.05. The van der Waals surface area contributed by atoms with Gasteiger partial charge >= 0.3 is 0 Å². The Labute approximate surface area is 335 Å². The van der Waals surface area contributed by atoms with E-state index in [4.69, 9.17) is 21.9 Å². The van der Waals surface area contributed by atoms with Crippen LogP contribution in [0, 0.1) is 0 Å². The van der Waals surface area contributed by atoms with E-state index in [9.17, 15) is 38.4 Å². The van der Waals surface area contributed by atoms with Gasteiger partial charge in [0.05, 0.1) is 19.0 Å². The van der Waals surface area contributed by atoms with Gasteiger partial charge in [-0.1, -0.05) is 48.5 Å². The number of nitrogens with one attached hydrogen (secondary N) is 4. The van der Waals surface area contributed by atoms with Crippen LogP contribution in [0.25, 0.3) is 10.8 Å². The number of hydrogen-bond acceptors (Lipinski definition) is 11. The molecule has 4 atom stereocenters. The predicted octanol–water partition coefficient (Wildman–Crippen LogP) is -1.34. The second-order valence-corrected chi connectivity index (χ2v) is 14.5. The van der Waals surface area contributed by atoms with Crippen molar-refractivity contribution in [1.82, 2.24) is 31.2 Å². The summed E-state index contributed by atoms with van der Waals surface area (Å²) < 4.78 is 5.49. The highest BCUT2D eigenvalue weighted by molar-refractivity contribution is 5.99. The summed E-state index contributed by atoms with van der Waals surface area (Å²) in [7, 11) is 1.31. The number of likely N-dealkylation sites (N-methyl/N-ethyl adjacent to an activating group) is 1. The maximum absolute atomic E-state index is 14.2. The van der Waals surface area contributed by atoms with Crippen LogP contribution in [0.3, 0.4) is 0 Å². The fraction of sp³-hybridized carbons (Fsp3) is 0.425. The van der Waals surface area contributed by atoms with Crippen molar-refractivity contribution >= 4 is 57.9 Å². The average molecular weight is 802 g/mol. The van der Waals surface area contributed by atoms with E-state index in [-0.39, 0.29) is 57.5 Å². The molecule has 0 aliphatic carbocycles. The van der Waals surface area contributed by atoms with Gasteiger partial charge in [0.2, 0.25) is 41.4 Å². The lowest BCUT2D eigenvalue weighted by molar-refractivity contribution is -0.141. The van der Waals surface area contributed by atoms with E-state index < -0.39 is 84.0 Å². The van der Waals surface area contributed by atoms with Crippen LogP contribution in [0.4, 0.5) is 0 Å². The molecule has 2 heterocycles. The number of rotatable bonds is 20. The van der Waals surface area contributed by atoms with E-state index in [1.807, 2.05) is 42.5 Å². The molecule has 1 fully saturated rings. The molecule has 310 valence electrons. The number of fused-ring (bicyclic) bond motifs is 1. The Morgan fingerprint density at radius 3 is 2.10 bits per heavy atom. The van der Waals surface area contributed by atoms with Crippen molar-refractivity contribution in [2.45, 2.75) is 81.6 Å². The lowest BCUT2D eigenvalue weighted by Gasteiger charge is -2.38. The zero-order valence-corrected chi connectivity index (χ0v) is 32.5. The zero-order chi connectivity index (χ0) is 42.4. The normalized spacial score (nSPS) is 15.4. The van der Waals surface area contributed by atoms with Crippen LogP contribution in [0.5, 0.6) is 0 Å². The molecule has 0 unspecified atom stereocenters. The lowest BCUT2D eigenvalue weighted by atomic mass is 9.87. The zero-order valence-electron chi connectivity index (χ0n) is 32.5. The van der Waals surface area contributed by atoms with E-state index in [2.05, 4.69) is 26.3 Å². The first-order chi connectivity index (χ1) is 27.6. The smallest absolute Gasteiger partial charge is 0.246 e. The first-order valence-corrected chi connectivity index (χ1v) is 18.8. The highest BCUT2D eigenvalue weighted by atomic mass is 16.5. The molecular weight excluding hydrogens is 750 g/mol. The number of aromatic nitrogens is 1. The van der Waals surface area contributed by atoms with Gasteiger partial charge in [0.25, 0.3) is 0 Å². The molecule has 0 bridgehead atoms. The lowest BCUT2D eigenvalue weighted by Crippen LogP contribution is -2.66. The Morgan fingerprint density at radius 1 is 0.793 bits per heavy atom. The molecule has 7 amide bonds. The quantitative estimate of drug-likeness (QED) is 0.0702. The van der Waals surface area contributed by atoms with Gasteiger partial charge in [0, 0.05) is 58.3 Å². The van der Waals surface area contributed by atoms with Crippen LogP contribution in [-0.4, -0.2) is 114 Å². The van der Waals surface area contributed by atoms with Gasteiger partial charge in [-0.2, -0.15) is 0 Å². The summed E-state index contributed by atoms with van der Waals surface area (Å²) in [6, 6.07) is 11.3. The van der Waals surface area contributed by atoms with Gasteiger partial charge in [-0.3, -0.25) is 38.5 Å². The highest BCUT2D eigenvalue weighted by Gasteiger charge is 2.44. The number of ether oxygens (including phenoxy) is 1. The molecule has 2 aromatic carbocycles. The number of pyridine rings is 1. The fourth-order valence-electron chi connectivity index (χ4n) is 6.57. The molecule has 1 saturated heterocycles. The Kier molecular flexibility index (Phi) is 15.9. The third-order valence-corrected chi connectivity index (χ3v) is 9.74. The summed E-state index contributed by atoms with van der Waals surface area (Å²) in [5.41, 5.74) is 16.9. The Morgan fingerprint density at radius 2 is 1.47 bits per heavy atom. The van der Waals surface area contributed by atoms with Gasteiger partial charge in [0.15, 0.2) is 0 Å². The second-order valence-electron chi connectivity index (χ2n) is 14.5. The maximum atomic E-state index is 14.2. The van der Waals surface area contributed by atoms with Crippen LogP contribution in [0.15, 0.2) is 67.0 Å². The minimum Gasteiger partial charge on any atom is -0.381 e. The number of ketones is 1. The van der Waals surface area contributed by atoms with E-state index in [1.165, 1.54) is 26.4 Å². The Hall–Kier alpha value is -6.27. The number of nitrogens with two attached hydrogens (primary N) is 3. The number of amides is 7. The maximum Gasteiger partial charge on any atom is 0.246 e.